The molecule has 1 fully saturated rings. The van der Waals surface area contributed by atoms with Crippen molar-refractivity contribution in [1.82, 2.24) is 19.6 Å². The van der Waals surface area contributed by atoms with E-state index in [2.05, 4.69) is 10.2 Å². The lowest BCUT2D eigenvalue weighted by Crippen LogP contribution is -2.26. The minimum Gasteiger partial charge on any atom is -0.472 e. The van der Waals surface area contributed by atoms with Crippen LogP contribution in [0.1, 0.15) is 37.9 Å². The fourth-order valence-corrected chi connectivity index (χ4v) is 3.61. The van der Waals surface area contributed by atoms with Crippen LogP contribution in [0, 0.1) is 10.1 Å². The van der Waals surface area contributed by atoms with Crippen LogP contribution in [0.2, 0.25) is 5.15 Å². The Balaban J connectivity index is 1.72. The molecule has 0 spiro atoms. The van der Waals surface area contributed by atoms with Crippen LogP contribution in [0.15, 0.2) is 12.3 Å². The maximum Gasteiger partial charge on any atom is 0.353 e. The molecule has 11 heteroatoms. The predicted molar refractivity (Wildman–Crippen MR) is 99.5 cm³/mol. The number of ether oxygens (including phenoxy) is 2. The zero-order valence-corrected chi connectivity index (χ0v) is 16.4. The molecule has 0 aromatic carbocycles. The summed E-state index contributed by atoms with van der Waals surface area (Å²) in [6.45, 7) is 3.24. The third kappa shape index (κ3) is 4.72. The Kier molecular flexibility index (Phi) is 6.56. The number of rotatable bonds is 8. The van der Waals surface area contributed by atoms with Crippen molar-refractivity contribution < 1.29 is 14.4 Å². The lowest BCUT2D eigenvalue weighted by Gasteiger charge is -2.26. The van der Waals surface area contributed by atoms with Crippen molar-refractivity contribution in [3.05, 3.63) is 33.2 Å². The summed E-state index contributed by atoms with van der Waals surface area (Å²) in [6.07, 6.45) is 4.11. The van der Waals surface area contributed by atoms with Crippen molar-refractivity contribution in [2.45, 2.75) is 50.8 Å². The molecular formula is C16H21Cl2N5O4. The Morgan fingerprint density at radius 1 is 1.48 bits per heavy atom. The first-order valence-corrected chi connectivity index (χ1v) is 9.64. The van der Waals surface area contributed by atoms with E-state index in [1.54, 1.807) is 21.6 Å². The van der Waals surface area contributed by atoms with Gasteiger partial charge in [0.15, 0.2) is 5.15 Å². The van der Waals surface area contributed by atoms with Crippen molar-refractivity contribution in [3.8, 4) is 5.88 Å². The van der Waals surface area contributed by atoms with E-state index in [9.17, 15) is 10.1 Å². The lowest BCUT2D eigenvalue weighted by molar-refractivity contribution is -0.386. The highest BCUT2D eigenvalue weighted by molar-refractivity contribution is 6.29. The van der Waals surface area contributed by atoms with Gasteiger partial charge in [-0.1, -0.05) is 30.1 Å². The van der Waals surface area contributed by atoms with Gasteiger partial charge in [-0.05, 0) is 18.9 Å². The molecule has 2 atom stereocenters. The minimum atomic E-state index is -0.428. The average molecular weight is 418 g/mol. The monoisotopic (exact) mass is 417 g/mol. The molecule has 0 amide bonds. The highest BCUT2D eigenvalue weighted by Crippen LogP contribution is 2.36. The maximum atomic E-state index is 11.6. The summed E-state index contributed by atoms with van der Waals surface area (Å²) in [5.74, 6) is 0.0490. The third-order valence-corrected chi connectivity index (χ3v) is 4.91. The van der Waals surface area contributed by atoms with Crippen LogP contribution in [-0.4, -0.2) is 43.3 Å². The molecule has 1 aliphatic rings. The number of aromatic nitrogens is 4. The number of nitro groups is 1. The Labute approximate surface area is 166 Å². The third-order valence-electron chi connectivity index (χ3n) is 4.40. The second kappa shape index (κ2) is 8.90. The number of alkyl halides is 1. The summed E-state index contributed by atoms with van der Waals surface area (Å²) < 4.78 is 14.4. The van der Waals surface area contributed by atoms with Gasteiger partial charge in [-0.15, -0.1) is 5.10 Å². The molecule has 2 aromatic heterocycles. The topological polar surface area (TPSA) is 97.2 Å². The molecular weight excluding hydrogens is 397 g/mol. The molecule has 2 aromatic rings. The van der Waals surface area contributed by atoms with Crippen LogP contribution < -0.4 is 4.74 Å². The van der Waals surface area contributed by atoms with E-state index >= 15 is 0 Å². The van der Waals surface area contributed by atoms with E-state index in [4.69, 9.17) is 32.7 Å². The molecule has 1 saturated heterocycles. The summed E-state index contributed by atoms with van der Waals surface area (Å²) in [4.78, 5) is 11.2. The van der Waals surface area contributed by atoms with Gasteiger partial charge in [-0.3, -0.25) is 19.5 Å². The molecule has 0 saturated carbocycles. The van der Waals surface area contributed by atoms with Crippen LogP contribution in [0.4, 0.5) is 5.69 Å². The first-order chi connectivity index (χ1) is 13.0. The molecule has 148 valence electrons. The smallest absolute Gasteiger partial charge is 0.353 e. The summed E-state index contributed by atoms with van der Waals surface area (Å²) in [7, 11) is 0. The minimum absolute atomic E-state index is 0.0431. The van der Waals surface area contributed by atoms with E-state index in [-0.39, 0.29) is 24.2 Å². The molecule has 0 aliphatic carbocycles. The zero-order chi connectivity index (χ0) is 19.4. The fraction of sp³-hybridized carbons (Fsp3) is 0.625. The summed E-state index contributed by atoms with van der Waals surface area (Å²) in [5, 5.41) is 20.5. The van der Waals surface area contributed by atoms with Crippen molar-refractivity contribution >= 4 is 28.9 Å². The molecule has 3 heterocycles. The summed E-state index contributed by atoms with van der Waals surface area (Å²) in [5.41, 5.74) is 0.0591. The maximum absolute atomic E-state index is 11.6. The first-order valence-electron chi connectivity index (χ1n) is 8.82. The predicted octanol–water partition coefficient (Wildman–Crippen LogP) is 3.59. The van der Waals surface area contributed by atoms with Crippen molar-refractivity contribution in [2.75, 3.05) is 13.2 Å². The van der Waals surface area contributed by atoms with Gasteiger partial charge in [-0.25, -0.2) is 0 Å². The van der Waals surface area contributed by atoms with E-state index in [1.807, 2.05) is 6.92 Å². The number of halogens is 2. The standard InChI is InChI=1S/C16H21Cl2N5O4/c1-2-12-15(23(24)25)16(20-22(12)11-5-9-26-14(18)10-11)27-8-3-6-21-7-4-13(17)19-21/h4,7,11,14H,2-3,5-6,8-10H2,1H3. The molecule has 27 heavy (non-hydrogen) atoms. The van der Waals surface area contributed by atoms with Gasteiger partial charge in [0.05, 0.1) is 24.2 Å². The van der Waals surface area contributed by atoms with Gasteiger partial charge in [-0.2, -0.15) is 5.10 Å². The molecule has 9 nitrogen and oxygen atoms in total. The first kappa shape index (κ1) is 19.9. The second-order valence-electron chi connectivity index (χ2n) is 6.22. The highest BCUT2D eigenvalue weighted by atomic mass is 35.5. The molecule has 0 N–H and O–H groups in total. The van der Waals surface area contributed by atoms with Gasteiger partial charge >= 0.3 is 11.6 Å². The fourth-order valence-electron chi connectivity index (χ4n) is 3.16. The van der Waals surface area contributed by atoms with Crippen LogP contribution in [-0.2, 0) is 17.7 Å². The van der Waals surface area contributed by atoms with Crippen LogP contribution >= 0.6 is 23.2 Å². The van der Waals surface area contributed by atoms with Crippen molar-refractivity contribution in [1.29, 1.82) is 0 Å². The number of hydrogen-bond donors (Lipinski definition) is 0. The zero-order valence-electron chi connectivity index (χ0n) is 14.9. The molecule has 1 aliphatic heterocycles. The number of hydrogen-bond acceptors (Lipinski definition) is 6. The van der Waals surface area contributed by atoms with Crippen molar-refractivity contribution in [3.63, 3.8) is 0 Å². The van der Waals surface area contributed by atoms with Gasteiger partial charge in [0.25, 0.3) is 0 Å². The molecule has 0 bridgehead atoms. The Bertz CT molecular complexity index is 794. The highest BCUT2D eigenvalue weighted by Gasteiger charge is 2.33. The average Bonchev–Trinajstić information content (AvgIpc) is 3.22. The Hall–Kier alpha value is -1.84. The number of aryl methyl sites for hydroxylation is 1. The van der Waals surface area contributed by atoms with E-state index in [0.717, 1.165) is 0 Å². The molecule has 3 rings (SSSR count). The summed E-state index contributed by atoms with van der Waals surface area (Å²) in [6, 6.07) is 1.65. The van der Waals surface area contributed by atoms with Crippen molar-refractivity contribution in [2.24, 2.45) is 0 Å². The summed E-state index contributed by atoms with van der Waals surface area (Å²) >= 11 is 11.9. The number of nitrogens with zero attached hydrogens (tertiary/aromatic N) is 5. The van der Waals surface area contributed by atoms with Gasteiger partial charge in [0.1, 0.15) is 11.3 Å². The lowest BCUT2D eigenvalue weighted by atomic mass is 10.1. The van der Waals surface area contributed by atoms with Crippen LogP contribution in [0.5, 0.6) is 5.88 Å². The van der Waals surface area contributed by atoms with E-state index in [1.165, 1.54) is 0 Å². The quantitative estimate of drug-likeness (QED) is 0.281. The molecule has 2 unspecified atom stereocenters. The normalized spacial score (nSPS) is 20.0. The van der Waals surface area contributed by atoms with Gasteiger partial charge in [0, 0.05) is 25.6 Å². The SMILES string of the molecule is CCc1c([N+](=O)[O-])c(OCCCn2ccc(Cl)n2)nn1C1CCOC(Cl)C1. The van der Waals surface area contributed by atoms with Gasteiger partial charge in [0.2, 0.25) is 0 Å². The van der Waals surface area contributed by atoms with E-state index in [0.29, 0.717) is 49.7 Å². The van der Waals surface area contributed by atoms with Gasteiger partial charge < -0.3 is 9.47 Å². The Morgan fingerprint density at radius 2 is 2.30 bits per heavy atom. The van der Waals surface area contributed by atoms with E-state index < -0.39 is 10.5 Å². The molecule has 0 radical (unpaired) electrons. The van der Waals surface area contributed by atoms with Crippen LogP contribution in [0.3, 0.4) is 0 Å². The largest absolute Gasteiger partial charge is 0.472 e. The Morgan fingerprint density at radius 3 is 2.93 bits per heavy atom. The second-order valence-corrected chi connectivity index (χ2v) is 7.09. The van der Waals surface area contributed by atoms with Crippen LogP contribution in [0.25, 0.3) is 0 Å².